The van der Waals surface area contributed by atoms with Gasteiger partial charge in [0.1, 0.15) is 12.4 Å². The van der Waals surface area contributed by atoms with Crippen molar-refractivity contribution in [1.29, 1.82) is 0 Å². The van der Waals surface area contributed by atoms with Crippen molar-refractivity contribution in [2.75, 3.05) is 52.5 Å². The lowest BCUT2D eigenvalue weighted by molar-refractivity contribution is 0.0948. The van der Waals surface area contributed by atoms with Crippen LogP contribution < -0.4 is 15.4 Å². The first kappa shape index (κ1) is 21.8. The number of hydrogen-bond acceptors (Lipinski definition) is 5. The van der Waals surface area contributed by atoms with Crippen LogP contribution in [0.15, 0.2) is 42.5 Å². The lowest BCUT2D eigenvalue weighted by Crippen LogP contribution is -2.33. The summed E-state index contributed by atoms with van der Waals surface area (Å²) < 4.78 is 11.6. The van der Waals surface area contributed by atoms with E-state index in [-0.39, 0.29) is 5.91 Å². The maximum atomic E-state index is 12.7. The highest BCUT2D eigenvalue weighted by molar-refractivity contribution is 5.94. The largest absolute Gasteiger partial charge is 0.491 e. The Balaban J connectivity index is 1.47. The van der Waals surface area contributed by atoms with Crippen molar-refractivity contribution in [1.82, 2.24) is 15.5 Å². The molecule has 0 aliphatic carbocycles. The van der Waals surface area contributed by atoms with Crippen LogP contribution in [0.4, 0.5) is 0 Å². The fraction of sp³-hybridized carbons (Fsp3) is 0.480. The van der Waals surface area contributed by atoms with E-state index in [2.05, 4.69) is 39.8 Å². The standard InChI is InChI=1S/C25H33N3O3/c29-25(27-8-12-28-10-1-2-11-28)22-6-7-24-23(18-22)17-20-4-3-5-21(16-20)19-26-9-13-30-14-15-31-24/h3-7,16,18,26H,1-2,8-15,17,19H2,(H,27,29). The number of benzene rings is 2. The molecule has 2 aromatic rings. The first-order valence-electron chi connectivity index (χ1n) is 11.4. The second kappa shape index (κ2) is 11.3. The molecular formula is C25H33N3O3. The van der Waals surface area contributed by atoms with Gasteiger partial charge < -0.3 is 25.0 Å². The normalized spacial score (nSPS) is 17.9. The van der Waals surface area contributed by atoms with Crippen molar-refractivity contribution in [2.45, 2.75) is 25.8 Å². The third-order valence-electron chi connectivity index (χ3n) is 5.86. The van der Waals surface area contributed by atoms with E-state index in [9.17, 15) is 4.79 Å². The summed E-state index contributed by atoms with van der Waals surface area (Å²) in [7, 11) is 0. The number of nitrogens with zero attached hydrogens (tertiary/aromatic N) is 1. The highest BCUT2D eigenvalue weighted by Gasteiger charge is 2.14. The molecule has 2 heterocycles. The Hall–Kier alpha value is -2.41. The summed E-state index contributed by atoms with van der Waals surface area (Å²) >= 11 is 0. The van der Waals surface area contributed by atoms with Gasteiger partial charge in [-0.2, -0.15) is 0 Å². The number of fused-ring (bicyclic) bond motifs is 3. The molecule has 166 valence electrons. The molecule has 0 radical (unpaired) electrons. The molecule has 1 fully saturated rings. The highest BCUT2D eigenvalue weighted by atomic mass is 16.5. The number of rotatable bonds is 4. The molecule has 2 aromatic carbocycles. The summed E-state index contributed by atoms with van der Waals surface area (Å²) in [6, 6.07) is 14.3. The maximum absolute atomic E-state index is 12.7. The number of hydrogen-bond donors (Lipinski definition) is 2. The van der Waals surface area contributed by atoms with Crippen molar-refractivity contribution in [3.05, 3.63) is 64.7 Å². The van der Waals surface area contributed by atoms with Crippen LogP contribution in [-0.2, 0) is 17.7 Å². The van der Waals surface area contributed by atoms with Crippen molar-refractivity contribution < 1.29 is 14.3 Å². The fourth-order valence-corrected chi connectivity index (χ4v) is 4.19. The molecular weight excluding hydrogens is 390 g/mol. The lowest BCUT2D eigenvalue weighted by Gasteiger charge is -2.16. The zero-order valence-corrected chi connectivity index (χ0v) is 18.2. The highest BCUT2D eigenvalue weighted by Crippen LogP contribution is 2.24. The van der Waals surface area contributed by atoms with Gasteiger partial charge in [0.15, 0.2) is 0 Å². The van der Waals surface area contributed by atoms with E-state index < -0.39 is 0 Å². The van der Waals surface area contributed by atoms with Crippen LogP contribution in [0.5, 0.6) is 5.75 Å². The fourth-order valence-electron chi connectivity index (χ4n) is 4.19. The Labute approximate surface area is 184 Å². The Morgan fingerprint density at radius 3 is 2.81 bits per heavy atom. The monoisotopic (exact) mass is 423 g/mol. The van der Waals surface area contributed by atoms with Gasteiger partial charge in [-0.25, -0.2) is 0 Å². The molecule has 0 spiro atoms. The molecule has 2 N–H and O–H groups in total. The third kappa shape index (κ3) is 6.53. The molecule has 2 aliphatic heterocycles. The van der Waals surface area contributed by atoms with E-state index in [4.69, 9.17) is 9.47 Å². The Morgan fingerprint density at radius 1 is 1.03 bits per heavy atom. The van der Waals surface area contributed by atoms with E-state index in [0.717, 1.165) is 50.5 Å². The minimum atomic E-state index is -0.0253. The van der Waals surface area contributed by atoms with Gasteiger partial charge in [-0.05, 0) is 60.8 Å². The quantitative estimate of drug-likeness (QED) is 0.792. The van der Waals surface area contributed by atoms with Crippen molar-refractivity contribution in [2.24, 2.45) is 0 Å². The number of likely N-dealkylation sites (tertiary alicyclic amines) is 1. The predicted octanol–water partition coefficient (Wildman–Crippen LogP) is 2.60. The van der Waals surface area contributed by atoms with Gasteiger partial charge in [-0.1, -0.05) is 24.3 Å². The molecule has 2 bridgehead atoms. The summed E-state index contributed by atoms with van der Waals surface area (Å²) in [5, 5.41) is 6.48. The summed E-state index contributed by atoms with van der Waals surface area (Å²) in [6.45, 7) is 7.22. The molecule has 6 nitrogen and oxygen atoms in total. The minimum absolute atomic E-state index is 0.0253. The molecule has 1 saturated heterocycles. The molecule has 31 heavy (non-hydrogen) atoms. The van der Waals surface area contributed by atoms with Gasteiger partial charge in [0.2, 0.25) is 0 Å². The van der Waals surface area contributed by atoms with Gasteiger partial charge in [0.05, 0.1) is 13.2 Å². The third-order valence-corrected chi connectivity index (χ3v) is 5.86. The minimum Gasteiger partial charge on any atom is -0.491 e. The molecule has 1 amide bonds. The van der Waals surface area contributed by atoms with Gasteiger partial charge >= 0.3 is 0 Å². The molecule has 2 aliphatic rings. The maximum Gasteiger partial charge on any atom is 0.251 e. The zero-order chi connectivity index (χ0) is 21.3. The van der Waals surface area contributed by atoms with E-state index in [1.54, 1.807) is 0 Å². The molecule has 0 unspecified atom stereocenters. The van der Waals surface area contributed by atoms with Crippen LogP contribution >= 0.6 is 0 Å². The first-order valence-corrected chi connectivity index (χ1v) is 11.4. The van der Waals surface area contributed by atoms with Crippen molar-refractivity contribution >= 4 is 5.91 Å². The van der Waals surface area contributed by atoms with Crippen LogP contribution in [0, 0.1) is 0 Å². The van der Waals surface area contributed by atoms with Gasteiger partial charge in [0.25, 0.3) is 5.91 Å². The van der Waals surface area contributed by atoms with Crippen LogP contribution in [0.25, 0.3) is 0 Å². The lowest BCUT2D eigenvalue weighted by atomic mass is 9.99. The average molecular weight is 424 g/mol. The number of nitrogens with one attached hydrogen (secondary N) is 2. The average Bonchev–Trinajstić information content (AvgIpc) is 3.29. The Bertz CT molecular complexity index is 865. The SMILES string of the molecule is O=C(NCCN1CCCC1)c1ccc2c(c1)Cc1cccc(c1)CNCCOCCO2. The van der Waals surface area contributed by atoms with Crippen LogP contribution in [0.2, 0.25) is 0 Å². The number of carbonyl (C=O) groups is 1. The van der Waals surface area contributed by atoms with E-state index in [1.165, 1.54) is 24.0 Å². The predicted molar refractivity (Wildman–Crippen MR) is 122 cm³/mol. The second-order valence-electron chi connectivity index (χ2n) is 8.26. The number of ether oxygens (including phenoxy) is 2. The van der Waals surface area contributed by atoms with Gasteiger partial charge in [-0.15, -0.1) is 0 Å². The topological polar surface area (TPSA) is 62.8 Å². The van der Waals surface area contributed by atoms with Gasteiger partial charge in [-0.3, -0.25) is 4.79 Å². The van der Waals surface area contributed by atoms with Crippen molar-refractivity contribution in [3.8, 4) is 5.75 Å². The Kier molecular flexibility index (Phi) is 7.93. The first-order chi connectivity index (χ1) is 15.3. The number of carbonyl (C=O) groups excluding carboxylic acids is 1. The van der Waals surface area contributed by atoms with E-state index >= 15 is 0 Å². The zero-order valence-electron chi connectivity index (χ0n) is 18.2. The van der Waals surface area contributed by atoms with E-state index in [0.29, 0.717) is 31.9 Å². The molecule has 0 aromatic heterocycles. The molecule has 0 atom stereocenters. The molecule has 6 heteroatoms. The smallest absolute Gasteiger partial charge is 0.251 e. The van der Waals surface area contributed by atoms with Crippen LogP contribution in [0.3, 0.4) is 0 Å². The molecule has 0 saturated carbocycles. The summed E-state index contributed by atoms with van der Waals surface area (Å²) in [6.07, 6.45) is 3.25. The Morgan fingerprint density at radius 2 is 1.90 bits per heavy atom. The number of amides is 1. The summed E-state index contributed by atoms with van der Waals surface area (Å²) in [4.78, 5) is 15.1. The van der Waals surface area contributed by atoms with Crippen LogP contribution in [-0.4, -0.2) is 63.4 Å². The summed E-state index contributed by atoms with van der Waals surface area (Å²) in [5.41, 5.74) is 4.16. The van der Waals surface area contributed by atoms with Crippen LogP contribution in [0.1, 0.15) is 39.9 Å². The van der Waals surface area contributed by atoms with E-state index in [1.807, 2.05) is 18.2 Å². The van der Waals surface area contributed by atoms with Gasteiger partial charge in [0, 0.05) is 38.2 Å². The summed E-state index contributed by atoms with van der Waals surface area (Å²) in [5.74, 6) is 0.792. The van der Waals surface area contributed by atoms with Crippen molar-refractivity contribution in [3.63, 3.8) is 0 Å². The second-order valence-corrected chi connectivity index (χ2v) is 8.26. The molecule has 4 rings (SSSR count).